The highest BCUT2D eigenvalue weighted by molar-refractivity contribution is 7.91. The molecule has 1 aliphatic heterocycles. The van der Waals surface area contributed by atoms with Gasteiger partial charge in [-0.3, -0.25) is 0 Å². The lowest BCUT2D eigenvalue weighted by atomic mass is 9.98. The third-order valence-corrected chi connectivity index (χ3v) is 5.90. The number of hydrogen-bond acceptors (Lipinski definition) is 6. The Morgan fingerprint density at radius 1 is 1.26 bits per heavy atom. The van der Waals surface area contributed by atoms with Crippen LogP contribution < -0.4 is 5.73 Å². The molecule has 1 aromatic heterocycles. The second-order valence-corrected chi connectivity index (χ2v) is 7.25. The van der Waals surface area contributed by atoms with Crippen LogP contribution in [0.4, 0.5) is 18.3 Å². The van der Waals surface area contributed by atoms with Crippen LogP contribution in [0, 0.1) is 5.92 Å². The number of hydrogen-bond donors (Lipinski definition) is 1. The van der Waals surface area contributed by atoms with Crippen LogP contribution in [0.25, 0.3) is 0 Å². The molecule has 0 atom stereocenters. The number of sulfonamides is 1. The number of anilines is 1. The second-order valence-electron chi connectivity index (χ2n) is 4.13. The highest BCUT2D eigenvalue weighted by Gasteiger charge is 2.43. The summed E-state index contributed by atoms with van der Waals surface area (Å²) in [5, 5.41) is 6.82. The van der Waals surface area contributed by atoms with Crippen molar-refractivity contribution in [2.24, 2.45) is 5.92 Å². The van der Waals surface area contributed by atoms with Gasteiger partial charge in [0.2, 0.25) is 9.47 Å². The van der Waals surface area contributed by atoms with E-state index in [1.807, 2.05) is 0 Å². The predicted molar refractivity (Wildman–Crippen MR) is 61.9 cm³/mol. The van der Waals surface area contributed by atoms with Crippen LogP contribution in [-0.4, -0.2) is 42.2 Å². The van der Waals surface area contributed by atoms with E-state index in [0.29, 0.717) is 11.3 Å². The fourth-order valence-corrected chi connectivity index (χ4v) is 4.25. The van der Waals surface area contributed by atoms with Crippen molar-refractivity contribution in [3.63, 3.8) is 0 Å². The molecule has 1 fully saturated rings. The van der Waals surface area contributed by atoms with E-state index in [9.17, 15) is 21.6 Å². The first-order valence-electron chi connectivity index (χ1n) is 5.37. The number of alkyl halides is 3. The van der Waals surface area contributed by atoms with Crippen LogP contribution in [0.3, 0.4) is 0 Å². The van der Waals surface area contributed by atoms with Gasteiger partial charge in [0, 0.05) is 13.1 Å². The summed E-state index contributed by atoms with van der Waals surface area (Å²) in [6.45, 7) is -0.349. The average Bonchev–Trinajstić information content (AvgIpc) is 2.76. The molecule has 0 spiro atoms. The molecule has 0 aliphatic carbocycles. The van der Waals surface area contributed by atoms with Gasteiger partial charge in [-0.15, -0.1) is 10.2 Å². The largest absolute Gasteiger partial charge is 0.391 e. The number of halogens is 3. The first-order chi connectivity index (χ1) is 8.71. The molecule has 2 heterocycles. The van der Waals surface area contributed by atoms with Gasteiger partial charge in [0.25, 0.3) is 10.0 Å². The summed E-state index contributed by atoms with van der Waals surface area (Å²) in [5.41, 5.74) is 5.30. The average molecular weight is 316 g/mol. The van der Waals surface area contributed by atoms with Gasteiger partial charge in [0.1, 0.15) is 0 Å². The molecular weight excluding hydrogens is 305 g/mol. The van der Waals surface area contributed by atoms with Crippen molar-refractivity contribution in [3.8, 4) is 0 Å². The Hall–Kier alpha value is -0.940. The first-order valence-corrected chi connectivity index (χ1v) is 7.63. The second kappa shape index (κ2) is 4.87. The zero-order chi connectivity index (χ0) is 14.3. The molecule has 2 N–H and O–H groups in total. The summed E-state index contributed by atoms with van der Waals surface area (Å²) in [5.74, 6) is -1.45. The van der Waals surface area contributed by atoms with E-state index >= 15 is 0 Å². The van der Waals surface area contributed by atoms with Gasteiger partial charge in [-0.25, -0.2) is 8.42 Å². The van der Waals surface area contributed by atoms with E-state index in [2.05, 4.69) is 10.2 Å². The van der Waals surface area contributed by atoms with Gasteiger partial charge in [-0.2, -0.15) is 17.5 Å². The maximum atomic E-state index is 12.5. The lowest BCUT2D eigenvalue weighted by Crippen LogP contribution is -2.42. The van der Waals surface area contributed by atoms with Crippen molar-refractivity contribution in [1.82, 2.24) is 14.5 Å². The van der Waals surface area contributed by atoms with Crippen molar-refractivity contribution >= 4 is 26.5 Å². The van der Waals surface area contributed by atoms with E-state index in [4.69, 9.17) is 5.73 Å². The maximum Gasteiger partial charge on any atom is 0.391 e. The lowest BCUT2D eigenvalue weighted by molar-refractivity contribution is -0.182. The van der Waals surface area contributed by atoms with Crippen molar-refractivity contribution in [2.45, 2.75) is 23.4 Å². The van der Waals surface area contributed by atoms with Crippen LogP contribution in [0.1, 0.15) is 12.8 Å². The Bertz CT molecular complexity index is 549. The number of nitrogens with two attached hydrogens (primary N) is 1. The summed E-state index contributed by atoms with van der Waals surface area (Å²) in [6, 6.07) is 0. The van der Waals surface area contributed by atoms with Crippen LogP contribution >= 0.6 is 11.3 Å². The smallest absolute Gasteiger partial charge is 0.374 e. The summed E-state index contributed by atoms with van der Waals surface area (Å²) in [4.78, 5) is 0. The summed E-state index contributed by atoms with van der Waals surface area (Å²) >= 11 is 0.698. The van der Waals surface area contributed by atoms with Crippen molar-refractivity contribution < 1.29 is 21.6 Å². The number of nitrogens with zero attached hydrogens (tertiary/aromatic N) is 3. The third-order valence-electron chi connectivity index (χ3n) is 2.90. The van der Waals surface area contributed by atoms with Crippen molar-refractivity contribution in [2.75, 3.05) is 18.8 Å². The van der Waals surface area contributed by atoms with E-state index in [1.165, 1.54) is 0 Å². The highest BCUT2D eigenvalue weighted by Crippen LogP contribution is 2.35. The molecule has 1 aromatic rings. The molecule has 6 nitrogen and oxygen atoms in total. The fraction of sp³-hybridized carbons (Fsp3) is 0.750. The van der Waals surface area contributed by atoms with Gasteiger partial charge < -0.3 is 5.73 Å². The minimum absolute atomic E-state index is 0.00347. The fourth-order valence-electron chi connectivity index (χ4n) is 1.86. The van der Waals surface area contributed by atoms with Crippen LogP contribution in [0.5, 0.6) is 0 Å². The van der Waals surface area contributed by atoms with Crippen LogP contribution in [-0.2, 0) is 10.0 Å². The van der Waals surface area contributed by atoms with Crippen molar-refractivity contribution in [1.29, 1.82) is 0 Å². The lowest BCUT2D eigenvalue weighted by Gasteiger charge is -2.31. The SMILES string of the molecule is Nc1nnc(S(=O)(=O)N2CCC(C(F)(F)F)CC2)s1. The minimum Gasteiger partial charge on any atom is -0.374 e. The van der Waals surface area contributed by atoms with Crippen LogP contribution in [0.15, 0.2) is 4.34 Å². The van der Waals surface area contributed by atoms with Gasteiger partial charge in [0.15, 0.2) is 0 Å². The molecular formula is C8H11F3N4O2S2. The number of piperidine rings is 1. The molecule has 0 radical (unpaired) electrons. The third kappa shape index (κ3) is 2.98. The Labute approximate surface area is 111 Å². The summed E-state index contributed by atoms with van der Waals surface area (Å²) < 4.78 is 62.3. The Balaban J connectivity index is 2.09. The molecule has 0 unspecified atom stereocenters. The van der Waals surface area contributed by atoms with E-state index in [0.717, 1.165) is 4.31 Å². The Morgan fingerprint density at radius 3 is 2.26 bits per heavy atom. The monoisotopic (exact) mass is 316 g/mol. The van der Waals surface area contributed by atoms with E-state index in [1.54, 1.807) is 0 Å². The topological polar surface area (TPSA) is 89.2 Å². The zero-order valence-electron chi connectivity index (χ0n) is 9.59. The molecule has 0 bridgehead atoms. The number of nitrogen functional groups attached to an aromatic ring is 1. The quantitative estimate of drug-likeness (QED) is 0.882. The van der Waals surface area contributed by atoms with Gasteiger partial charge in [0.05, 0.1) is 5.92 Å². The minimum atomic E-state index is -4.27. The Morgan fingerprint density at radius 2 is 1.84 bits per heavy atom. The number of rotatable bonds is 2. The molecule has 0 saturated carbocycles. The molecule has 11 heteroatoms. The molecule has 0 aromatic carbocycles. The summed E-state index contributed by atoms with van der Waals surface area (Å²) in [7, 11) is -3.88. The molecule has 2 rings (SSSR count). The molecule has 108 valence electrons. The summed E-state index contributed by atoms with van der Waals surface area (Å²) in [6.07, 6.45) is -4.75. The molecule has 0 amide bonds. The van der Waals surface area contributed by atoms with E-state index < -0.39 is 22.1 Å². The van der Waals surface area contributed by atoms with Gasteiger partial charge >= 0.3 is 6.18 Å². The maximum absolute atomic E-state index is 12.5. The van der Waals surface area contributed by atoms with Crippen molar-refractivity contribution in [3.05, 3.63) is 0 Å². The molecule has 19 heavy (non-hydrogen) atoms. The number of aromatic nitrogens is 2. The Kier molecular flexibility index (Phi) is 3.71. The zero-order valence-corrected chi connectivity index (χ0v) is 11.2. The predicted octanol–water partition coefficient (Wildman–Crippen LogP) is 1.08. The van der Waals surface area contributed by atoms with E-state index in [-0.39, 0.29) is 35.4 Å². The molecule has 1 aliphatic rings. The molecule has 1 saturated heterocycles. The van der Waals surface area contributed by atoms with Gasteiger partial charge in [-0.05, 0) is 12.8 Å². The highest BCUT2D eigenvalue weighted by atomic mass is 32.2. The van der Waals surface area contributed by atoms with Crippen LogP contribution in [0.2, 0.25) is 0 Å². The normalized spacial score (nSPS) is 19.7. The first kappa shape index (κ1) is 14.5. The van der Waals surface area contributed by atoms with Gasteiger partial charge in [-0.1, -0.05) is 11.3 Å². The standard InChI is InChI=1S/C8H11F3N4O2S2/c9-8(10,11)5-1-3-15(4-2-5)19(16,17)7-14-13-6(12)18-7/h5H,1-4H2,(H2,12,13).